The molecule has 0 saturated carbocycles. The quantitative estimate of drug-likeness (QED) is 0.695. The molecule has 2 amide bonds. The molecule has 1 heterocycles. The number of carbonyl (C=O) groups excluding carboxylic acids is 2. The molecule has 1 aliphatic heterocycles. The van der Waals surface area contributed by atoms with E-state index >= 15 is 0 Å². The first-order valence-electron chi connectivity index (χ1n) is 9.93. The van der Waals surface area contributed by atoms with E-state index in [0.717, 1.165) is 5.56 Å². The predicted molar refractivity (Wildman–Crippen MR) is 118 cm³/mol. The number of hydrogen-bond acceptors (Lipinski definition) is 4. The van der Waals surface area contributed by atoms with Crippen LogP contribution in [-0.4, -0.2) is 37.8 Å². The van der Waals surface area contributed by atoms with Crippen molar-refractivity contribution in [1.82, 2.24) is 10.6 Å². The van der Waals surface area contributed by atoms with Gasteiger partial charge in [-0.15, -0.1) is 0 Å². The van der Waals surface area contributed by atoms with Gasteiger partial charge in [-0.1, -0.05) is 56.3 Å². The van der Waals surface area contributed by atoms with Crippen molar-refractivity contribution in [2.45, 2.75) is 32.2 Å². The molecule has 0 bridgehead atoms. The number of rotatable bonds is 6. The van der Waals surface area contributed by atoms with Crippen LogP contribution in [0.25, 0.3) is 6.08 Å². The monoisotopic (exact) mass is 426 g/mol. The van der Waals surface area contributed by atoms with Crippen molar-refractivity contribution in [3.63, 3.8) is 0 Å². The SMILES string of the molecule is CC(C)c1ccc(/C=C(\NC(=O)c2ccccc2)C(=O)NC2CCS(=O)(=O)C2)cc1. The Labute approximate surface area is 177 Å². The van der Waals surface area contributed by atoms with Crippen LogP contribution >= 0.6 is 0 Å². The Hall–Kier alpha value is -2.93. The summed E-state index contributed by atoms with van der Waals surface area (Å²) in [6, 6.07) is 15.9. The van der Waals surface area contributed by atoms with E-state index in [9.17, 15) is 18.0 Å². The molecule has 0 aromatic heterocycles. The minimum atomic E-state index is -3.13. The van der Waals surface area contributed by atoms with Gasteiger partial charge in [0.15, 0.2) is 9.84 Å². The van der Waals surface area contributed by atoms with Gasteiger partial charge in [-0.2, -0.15) is 0 Å². The maximum atomic E-state index is 12.9. The maximum Gasteiger partial charge on any atom is 0.268 e. The van der Waals surface area contributed by atoms with Gasteiger partial charge in [0.05, 0.1) is 11.5 Å². The van der Waals surface area contributed by atoms with E-state index in [4.69, 9.17) is 0 Å². The summed E-state index contributed by atoms with van der Waals surface area (Å²) in [6.45, 7) is 4.19. The van der Waals surface area contributed by atoms with Gasteiger partial charge in [0.25, 0.3) is 11.8 Å². The molecular weight excluding hydrogens is 400 g/mol. The Morgan fingerprint density at radius 1 is 1.03 bits per heavy atom. The standard InChI is InChI=1S/C23H26N2O4S/c1-16(2)18-10-8-17(9-11-18)14-21(25-22(26)19-6-4-3-5-7-19)23(27)24-20-12-13-30(28,29)15-20/h3-11,14,16,20H,12-13,15H2,1-2H3,(H,24,27)(H,25,26)/b21-14-. The Morgan fingerprint density at radius 2 is 1.70 bits per heavy atom. The lowest BCUT2D eigenvalue weighted by Gasteiger charge is -2.15. The van der Waals surface area contributed by atoms with Crippen LogP contribution in [0, 0.1) is 0 Å². The molecule has 2 N–H and O–H groups in total. The van der Waals surface area contributed by atoms with Gasteiger partial charge in [0, 0.05) is 11.6 Å². The Kier molecular flexibility index (Phi) is 6.72. The first kappa shape index (κ1) is 21.8. The minimum Gasteiger partial charge on any atom is -0.347 e. The third kappa shape index (κ3) is 5.79. The van der Waals surface area contributed by atoms with Crippen LogP contribution in [-0.2, 0) is 14.6 Å². The number of carbonyl (C=O) groups is 2. The number of hydrogen-bond donors (Lipinski definition) is 2. The van der Waals surface area contributed by atoms with Crippen LogP contribution < -0.4 is 10.6 Å². The lowest BCUT2D eigenvalue weighted by molar-refractivity contribution is -0.118. The largest absolute Gasteiger partial charge is 0.347 e. The van der Waals surface area contributed by atoms with E-state index in [2.05, 4.69) is 24.5 Å². The summed E-state index contributed by atoms with van der Waals surface area (Å²) in [5.74, 6) is -0.553. The summed E-state index contributed by atoms with van der Waals surface area (Å²) in [5, 5.41) is 5.41. The molecule has 158 valence electrons. The molecule has 1 aliphatic rings. The van der Waals surface area contributed by atoms with Gasteiger partial charge in [0.1, 0.15) is 5.70 Å². The van der Waals surface area contributed by atoms with Gasteiger partial charge in [-0.3, -0.25) is 9.59 Å². The van der Waals surface area contributed by atoms with E-state index in [1.165, 1.54) is 5.56 Å². The lowest BCUT2D eigenvalue weighted by Crippen LogP contribution is -2.41. The number of nitrogens with one attached hydrogen (secondary N) is 2. The smallest absolute Gasteiger partial charge is 0.268 e. The van der Waals surface area contributed by atoms with E-state index < -0.39 is 27.7 Å². The third-order valence-electron chi connectivity index (χ3n) is 5.01. The van der Waals surface area contributed by atoms with Crippen molar-refractivity contribution in [2.24, 2.45) is 0 Å². The summed E-state index contributed by atoms with van der Waals surface area (Å²) in [7, 11) is -3.13. The highest BCUT2D eigenvalue weighted by molar-refractivity contribution is 7.91. The molecule has 2 aromatic rings. The average molecular weight is 427 g/mol. The molecule has 2 aromatic carbocycles. The molecule has 30 heavy (non-hydrogen) atoms. The molecule has 0 spiro atoms. The molecule has 3 rings (SSSR count). The molecule has 0 aliphatic carbocycles. The maximum absolute atomic E-state index is 12.9. The molecule has 1 atom stereocenters. The lowest BCUT2D eigenvalue weighted by atomic mass is 10.0. The topological polar surface area (TPSA) is 92.3 Å². The van der Waals surface area contributed by atoms with Crippen LogP contribution in [0.1, 0.15) is 47.7 Å². The highest BCUT2D eigenvalue weighted by Gasteiger charge is 2.30. The fraction of sp³-hybridized carbons (Fsp3) is 0.304. The zero-order chi connectivity index (χ0) is 21.7. The van der Waals surface area contributed by atoms with Crippen LogP contribution in [0.2, 0.25) is 0 Å². The third-order valence-corrected chi connectivity index (χ3v) is 6.78. The van der Waals surface area contributed by atoms with Gasteiger partial charge in [-0.05, 0) is 41.7 Å². The second-order valence-corrected chi connectivity index (χ2v) is 10.0. The fourth-order valence-corrected chi connectivity index (χ4v) is 4.93. The highest BCUT2D eigenvalue weighted by atomic mass is 32.2. The fourth-order valence-electron chi connectivity index (χ4n) is 3.26. The second kappa shape index (κ2) is 9.26. The predicted octanol–water partition coefficient (Wildman–Crippen LogP) is 2.88. The summed E-state index contributed by atoms with van der Waals surface area (Å²) in [6.07, 6.45) is 1.97. The highest BCUT2D eigenvalue weighted by Crippen LogP contribution is 2.17. The summed E-state index contributed by atoms with van der Waals surface area (Å²) < 4.78 is 23.4. The molecule has 0 radical (unpaired) electrons. The van der Waals surface area contributed by atoms with Crippen molar-refractivity contribution < 1.29 is 18.0 Å². The van der Waals surface area contributed by atoms with Gasteiger partial charge in [-0.25, -0.2) is 8.42 Å². The van der Waals surface area contributed by atoms with Crippen molar-refractivity contribution in [3.8, 4) is 0 Å². The molecule has 1 unspecified atom stereocenters. The Balaban J connectivity index is 1.83. The van der Waals surface area contributed by atoms with Gasteiger partial charge >= 0.3 is 0 Å². The summed E-state index contributed by atoms with van der Waals surface area (Å²) in [5.41, 5.74) is 2.43. The van der Waals surface area contributed by atoms with E-state index in [0.29, 0.717) is 17.9 Å². The summed E-state index contributed by atoms with van der Waals surface area (Å²) >= 11 is 0. The first-order chi connectivity index (χ1) is 14.2. The van der Waals surface area contributed by atoms with Crippen molar-refractivity contribution in [2.75, 3.05) is 11.5 Å². The summed E-state index contributed by atoms with van der Waals surface area (Å²) in [4.78, 5) is 25.5. The van der Waals surface area contributed by atoms with Crippen molar-refractivity contribution in [3.05, 3.63) is 77.0 Å². The van der Waals surface area contributed by atoms with E-state index in [-0.39, 0.29) is 17.2 Å². The zero-order valence-corrected chi connectivity index (χ0v) is 17.9. The van der Waals surface area contributed by atoms with E-state index in [1.54, 1.807) is 36.4 Å². The van der Waals surface area contributed by atoms with Gasteiger partial charge in [0.2, 0.25) is 0 Å². The molecule has 1 saturated heterocycles. The minimum absolute atomic E-state index is 0.0596. The van der Waals surface area contributed by atoms with Crippen LogP contribution in [0.3, 0.4) is 0 Å². The molecule has 7 heteroatoms. The number of amides is 2. The second-order valence-electron chi connectivity index (χ2n) is 7.77. The van der Waals surface area contributed by atoms with Crippen LogP contribution in [0.4, 0.5) is 0 Å². The normalized spacial score (nSPS) is 18.2. The molecule has 1 fully saturated rings. The number of sulfone groups is 1. The molecule has 6 nitrogen and oxygen atoms in total. The first-order valence-corrected chi connectivity index (χ1v) is 11.7. The van der Waals surface area contributed by atoms with Crippen molar-refractivity contribution in [1.29, 1.82) is 0 Å². The average Bonchev–Trinajstić information content (AvgIpc) is 3.06. The van der Waals surface area contributed by atoms with Crippen LogP contribution in [0.5, 0.6) is 0 Å². The van der Waals surface area contributed by atoms with Crippen LogP contribution in [0.15, 0.2) is 60.3 Å². The molecular formula is C23H26N2O4S. The Bertz CT molecular complexity index is 1040. The number of benzene rings is 2. The van der Waals surface area contributed by atoms with E-state index in [1.807, 2.05) is 24.3 Å². The zero-order valence-electron chi connectivity index (χ0n) is 17.1. The van der Waals surface area contributed by atoms with Gasteiger partial charge < -0.3 is 10.6 Å². The van der Waals surface area contributed by atoms with Crippen molar-refractivity contribution >= 4 is 27.7 Å². The Morgan fingerprint density at radius 3 is 2.27 bits per heavy atom.